The van der Waals surface area contributed by atoms with Crippen LogP contribution in [0.4, 0.5) is 0 Å². The summed E-state index contributed by atoms with van der Waals surface area (Å²) in [5, 5.41) is 28.0. The van der Waals surface area contributed by atoms with Crippen LogP contribution in [0.2, 0.25) is 0 Å². The number of benzene rings is 5. The van der Waals surface area contributed by atoms with Crippen molar-refractivity contribution in [3.05, 3.63) is 167 Å². The molecule has 0 fully saturated rings. The van der Waals surface area contributed by atoms with E-state index >= 15 is 0 Å². The monoisotopic (exact) mass is 666 g/mol. The third-order valence-electron chi connectivity index (χ3n) is 7.91. The summed E-state index contributed by atoms with van der Waals surface area (Å²) in [6.07, 6.45) is 0. The van der Waals surface area contributed by atoms with Crippen molar-refractivity contribution in [3.63, 3.8) is 0 Å². The Hall–Kier alpha value is -4.15. The molecule has 0 saturated heterocycles. The minimum absolute atomic E-state index is 0.328. The summed E-state index contributed by atoms with van der Waals surface area (Å²) in [6.45, 7) is 12.9. The molecule has 0 unspecified atom stereocenters. The van der Waals surface area contributed by atoms with E-state index in [0.29, 0.717) is 17.2 Å². The predicted octanol–water partition coefficient (Wildman–Crippen LogP) is 11.5. The van der Waals surface area contributed by atoms with Crippen LogP contribution in [0, 0.1) is 41.5 Å². The van der Waals surface area contributed by atoms with Crippen LogP contribution < -0.4 is 0 Å². The summed E-state index contributed by atoms with van der Waals surface area (Å²) in [5.74, 6) is 1.02. The molecule has 0 atom stereocenters. The van der Waals surface area contributed by atoms with Crippen LogP contribution in [0.15, 0.2) is 133 Å². The molecule has 5 heteroatoms. The van der Waals surface area contributed by atoms with Gasteiger partial charge in [-0.05, 0) is 41.8 Å². The van der Waals surface area contributed by atoms with Crippen LogP contribution in [-0.4, -0.2) is 15.3 Å². The fourth-order valence-corrected chi connectivity index (χ4v) is 4.64. The summed E-state index contributed by atoms with van der Waals surface area (Å²) >= 11 is 1.47. The summed E-state index contributed by atoms with van der Waals surface area (Å²) in [6, 6.07) is 41.6. The van der Waals surface area contributed by atoms with Crippen LogP contribution in [0.1, 0.15) is 33.4 Å². The number of hydrogen-bond acceptors (Lipinski definition) is 3. The number of phenols is 3. The van der Waals surface area contributed by atoms with E-state index < -0.39 is 0 Å². The number of aryl methyl sites for hydroxylation is 1. The summed E-state index contributed by atoms with van der Waals surface area (Å²) in [4.78, 5) is 0. The van der Waals surface area contributed by atoms with E-state index in [2.05, 4.69) is 43.9 Å². The molecule has 3 nitrogen and oxygen atoms in total. The van der Waals surface area contributed by atoms with Gasteiger partial charge in [0.15, 0.2) is 0 Å². The molecule has 0 aliphatic carbocycles. The maximum atomic E-state index is 9.56. The molecule has 0 aliphatic rings. The SMILES string of the molecule is Cc1c(C)c(C)[c-](C)c1C.Cc1ccccc1O.Oc1ccccc1-c1ccccc1.Oc1ccccc1-c1ccccc1.[Cl][Ti+]. The molecule has 46 heavy (non-hydrogen) atoms. The Labute approximate surface area is 290 Å². The second kappa shape index (κ2) is 20.1. The molecule has 3 N–H and O–H groups in total. The van der Waals surface area contributed by atoms with E-state index in [0.717, 1.165) is 27.8 Å². The molecule has 0 saturated carbocycles. The fraction of sp³-hybridized carbons (Fsp3) is 0.146. The first-order valence-electron chi connectivity index (χ1n) is 14.9. The molecule has 0 amide bonds. The van der Waals surface area contributed by atoms with Crippen LogP contribution in [0.25, 0.3) is 22.3 Å². The zero-order valence-electron chi connectivity index (χ0n) is 27.4. The number of rotatable bonds is 2. The van der Waals surface area contributed by atoms with E-state index in [-0.39, 0.29) is 0 Å². The quantitative estimate of drug-likeness (QED) is 0.127. The van der Waals surface area contributed by atoms with Gasteiger partial charge in [0, 0.05) is 11.1 Å². The van der Waals surface area contributed by atoms with Crippen LogP contribution >= 0.6 is 9.30 Å². The van der Waals surface area contributed by atoms with Crippen molar-refractivity contribution in [1.29, 1.82) is 0 Å². The summed E-state index contributed by atoms with van der Waals surface area (Å²) < 4.78 is 0. The van der Waals surface area contributed by atoms with Gasteiger partial charge in [0.25, 0.3) is 0 Å². The van der Waals surface area contributed by atoms with Crippen LogP contribution in [-0.2, 0) is 19.4 Å². The first kappa shape index (κ1) is 38.0. The molecule has 236 valence electrons. The van der Waals surface area contributed by atoms with Gasteiger partial charge in [-0.3, -0.25) is 0 Å². The maximum absolute atomic E-state index is 9.56. The van der Waals surface area contributed by atoms with Crippen LogP contribution in [0.5, 0.6) is 17.2 Å². The van der Waals surface area contributed by atoms with Gasteiger partial charge in [-0.25, -0.2) is 0 Å². The molecule has 0 heterocycles. The number of halogens is 1. The van der Waals surface area contributed by atoms with Gasteiger partial charge in [-0.1, -0.05) is 150 Å². The summed E-state index contributed by atoms with van der Waals surface area (Å²) in [5.41, 5.74) is 12.1. The fourth-order valence-electron chi connectivity index (χ4n) is 4.64. The van der Waals surface area contributed by atoms with E-state index in [9.17, 15) is 10.2 Å². The number of para-hydroxylation sites is 3. The molecular weight excluding hydrogens is 624 g/mol. The third-order valence-corrected chi connectivity index (χ3v) is 7.91. The van der Waals surface area contributed by atoms with E-state index in [1.807, 2.05) is 122 Å². The molecule has 6 aromatic carbocycles. The molecule has 0 radical (unpaired) electrons. The van der Waals surface area contributed by atoms with Crippen LogP contribution in [0.3, 0.4) is 0 Å². The van der Waals surface area contributed by atoms with Gasteiger partial charge < -0.3 is 15.3 Å². The third kappa shape index (κ3) is 11.3. The van der Waals surface area contributed by atoms with Crippen molar-refractivity contribution < 1.29 is 34.7 Å². The Bertz CT molecular complexity index is 1560. The van der Waals surface area contributed by atoms with E-state index in [1.165, 1.54) is 47.2 Å². The number of aromatic hydroxyl groups is 3. The average molecular weight is 667 g/mol. The zero-order chi connectivity index (χ0) is 34.1. The molecule has 0 aromatic heterocycles. The number of phenolic OH excluding ortho intramolecular Hbond substituents is 3. The summed E-state index contributed by atoms with van der Waals surface area (Å²) in [7, 11) is 4.64. The molecule has 0 spiro atoms. The van der Waals surface area contributed by atoms with Gasteiger partial charge >= 0.3 is 28.7 Å². The van der Waals surface area contributed by atoms with Gasteiger partial charge in [0.1, 0.15) is 17.2 Å². The second-order valence-electron chi connectivity index (χ2n) is 10.7. The molecule has 6 aromatic rings. The van der Waals surface area contributed by atoms with Crippen molar-refractivity contribution >= 4 is 9.30 Å². The van der Waals surface area contributed by atoms with Gasteiger partial charge in [0.2, 0.25) is 0 Å². The number of hydrogen-bond donors (Lipinski definition) is 3. The van der Waals surface area contributed by atoms with E-state index in [1.54, 1.807) is 18.2 Å². The van der Waals surface area contributed by atoms with Crippen molar-refractivity contribution in [2.24, 2.45) is 0 Å². The van der Waals surface area contributed by atoms with Crippen molar-refractivity contribution in [2.45, 2.75) is 41.5 Å². The van der Waals surface area contributed by atoms with Gasteiger partial charge in [-0.2, -0.15) is 27.8 Å². The predicted molar refractivity (Wildman–Crippen MR) is 192 cm³/mol. The Balaban J connectivity index is 0.000000213. The normalized spacial score (nSPS) is 9.52. The topological polar surface area (TPSA) is 60.7 Å². The molecule has 0 bridgehead atoms. The second-order valence-corrected chi connectivity index (χ2v) is 10.7. The Morgan fingerprint density at radius 3 is 1.00 bits per heavy atom. The molecule has 6 rings (SSSR count). The Morgan fingerprint density at radius 2 is 0.739 bits per heavy atom. The first-order valence-corrected chi connectivity index (χ1v) is 17.1. The van der Waals surface area contributed by atoms with Gasteiger partial charge in [0.05, 0.1) is 0 Å². The zero-order valence-corrected chi connectivity index (χ0v) is 29.7. The minimum atomic E-state index is 0.328. The standard InChI is InChI=1S/2C12H10O.C10H15.C7H8O.ClH.Ti/c2*13-12-9-5-4-8-11(12)10-6-2-1-3-7-10;1-6-7(2)9(4)10(5)8(6)3;1-6-4-2-3-5-7(6)8;;/h2*1-9,13H;1-5H3;2-5,8H,1H3;1H;/q;;-1;;;+2/p-1. The van der Waals surface area contributed by atoms with Crippen molar-refractivity contribution in [1.82, 2.24) is 0 Å². The molecular formula is C41H43ClO3Ti. The first-order chi connectivity index (χ1) is 22.1. The van der Waals surface area contributed by atoms with Crippen molar-refractivity contribution in [2.75, 3.05) is 0 Å². The Morgan fingerprint density at radius 1 is 0.435 bits per heavy atom. The van der Waals surface area contributed by atoms with E-state index in [4.69, 9.17) is 5.11 Å². The van der Waals surface area contributed by atoms with Crippen molar-refractivity contribution in [3.8, 4) is 39.5 Å². The average Bonchev–Trinajstić information content (AvgIpc) is 3.26. The Kier molecular flexibility index (Phi) is 16.6. The molecule has 0 aliphatic heterocycles. The van der Waals surface area contributed by atoms with Gasteiger partial charge in [-0.15, -0.1) is 0 Å².